The van der Waals surface area contributed by atoms with Crippen LogP contribution in [0.4, 0.5) is 5.69 Å². The van der Waals surface area contributed by atoms with Crippen molar-refractivity contribution >= 4 is 35.8 Å². The van der Waals surface area contributed by atoms with E-state index in [1.165, 1.54) is 5.56 Å². The minimum Gasteiger partial charge on any atom is -0.491 e. The average molecular weight is 563 g/mol. The molecule has 6 heteroatoms. The molecule has 0 spiro atoms. The number of halogens is 1. The molecule has 214 valence electrons. The van der Waals surface area contributed by atoms with Gasteiger partial charge in [-0.1, -0.05) is 63.6 Å². The first-order valence-corrected chi connectivity index (χ1v) is 15.4. The van der Waals surface area contributed by atoms with E-state index in [0.29, 0.717) is 12.2 Å². The number of nitrogens with zero attached hydrogens (tertiary/aromatic N) is 1. The molecule has 0 heterocycles. The number of carbonyl (C=O) groups is 1. The molecule has 0 saturated heterocycles. The van der Waals surface area contributed by atoms with Crippen molar-refractivity contribution in [3.05, 3.63) is 70.8 Å². The van der Waals surface area contributed by atoms with E-state index in [9.17, 15) is 4.79 Å². The Bertz CT molecular complexity index is 905. The molecule has 0 atom stereocenters. The van der Waals surface area contributed by atoms with Gasteiger partial charge in [-0.05, 0) is 99.9 Å². The Morgan fingerprint density at radius 3 is 2.32 bits per heavy atom. The lowest BCUT2D eigenvalue weighted by Crippen LogP contribution is -2.25. The predicted molar refractivity (Wildman–Crippen MR) is 172 cm³/mol. The summed E-state index contributed by atoms with van der Waals surface area (Å²) in [4.78, 5) is 14.1. The van der Waals surface area contributed by atoms with E-state index in [-0.39, 0.29) is 0 Å². The summed E-state index contributed by atoms with van der Waals surface area (Å²) in [5.74, 6) is 1.32. The maximum absolute atomic E-state index is 11.8. The van der Waals surface area contributed by atoms with E-state index in [4.69, 9.17) is 22.1 Å². The number of rotatable bonds is 17. The molecule has 2 N–H and O–H groups in total. The Balaban J connectivity index is 0.00000326. The fourth-order valence-corrected chi connectivity index (χ4v) is 4.20. The van der Waals surface area contributed by atoms with Crippen molar-refractivity contribution in [2.45, 2.75) is 86.0 Å². The molecule has 2 aromatic carbocycles. The molecule has 0 radical (unpaired) electrons. The molecule has 4 nitrogen and oxygen atoms in total. The number of carbonyl (C=O) groups excluding carboxylic acids is 1. The summed E-state index contributed by atoms with van der Waals surface area (Å²) < 4.78 is 6.16. The first-order chi connectivity index (χ1) is 18.5. The topological polar surface area (TPSA) is 55.6 Å². The summed E-state index contributed by atoms with van der Waals surface area (Å²) in [5, 5.41) is 0.775. The number of unbranched alkanes of at least 4 members (excludes halogenated alkanes) is 4. The van der Waals surface area contributed by atoms with Gasteiger partial charge in [0.2, 0.25) is 5.91 Å². The average Bonchev–Trinajstić information content (AvgIpc) is 2.94. The number of benzene rings is 2. The van der Waals surface area contributed by atoms with Gasteiger partial charge in [0.15, 0.2) is 0 Å². The van der Waals surface area contributed by atoms with Crippen molar-refractivity contribution in [1.29, 1.82) is 0 Å². The first kappa shape index (κ1) is 35.9. The van der Waals surface area contributed by atoms with Crippen LogP contribution in [-0.2, 0) is 6.42 Å². The van der Waals surface area contributed by atoms with Gasteiger partial charge in [-0.2, -0.15) is 12.6 Å². The van der Waals surface area contributed by atoms with Crippen LogP contribution in [0.25, 0.3) is 0 Å². The summed E-state index contributed by atoms with van der Waals surface area (Å²) >= 11 is 10.3. The third-order valence-corrected chi connectivity index (χ3v) is 6.27. The Morgan fingerprint density at radius 1 is 0.974 bits per heavy atom. The number of primary amides is 1. The van der Waals surface area contributed by atoms with Gasteiger partial charge in [0.1, 0.15) is 5.75 Å². The Labute approximate surface area is 243 Å². The van der Waals surface area contributed by atoms with Gasteiger partial charge in [0.05, 0.1) is 12.3 Å². The van der Waals surface area contributed by atoms with E-state index < -0.39 is 5.91 Å². The number of amides is 1. The van der Waals surface area contributed by atoms with Crippen molar-refractivity contribution in [3.63, 3.8) is 0 Å². The highest BCUT2D eigenvalue weighted by Gasteiger charge is 2.14. The lowest BCUT2D eigenvalue weighted by Gasteiger charge is -2.26. The van der Waals surface area contributed by atoms with Gasteiger partial charge >= 0.3 is 0 Å². The lowest BCUT2D eigenvalue weighted by molar-refractivity contribution is 0.1000. The van der Waals surface area contributed by atoms with Crippen LogP contribution in [0.15, 0.2) is 54.6 Å². The number of anilines is 1. The number of aryl methyl sites for hydroxylation is 1. The molecule has 0 unspecified atom stereocenters. The van der Waals surface area contributed by atoms with E-state index in [1.807, 2.05) is 58.0 Å². The maximum atomic E-state index is 11.8. The molecular formula is C32H51ClN2O2S. The fourth-order valence-electron chi connectivity index (χ4n) is 3.80. The van der Waals surface area contributed by atoms with E-state index in [1.54, 1.807) is 6.07 Å². The first-order valence-electron chi connectivity index (χ1n) is 14.4. The zero-order valence-electron chi connectivity index (χ0n) is 24.3. The zero-order valence-corrected chi connectivity index (χ0v) is 26.0. The fraction of sp³-hybridized carbons (Fsp3) is 0.531. The Hall–Kier alpha value is -2.11. The molecule has 0 aliphatic heterocycles. The standard InChI is InChI=1S/C28H39ClN2O2S.2C2H6/c1-2-31(18-9-6-4-3-5-7-11-20-34)26-22-24(28(30)32)16-17-27(26)33-19-10-8-13-23-14-12-15-25(29)21-23;2*1-2/h3,5,12,14-17,21-22,34H,2,4,6-11,13,18-20H2,1H3,(H2,30,32);2*1-2H3/b5-3+;;. The number of thiol groups is 1. The summed E-state index contributed by atoms with van der Waals surface area (Å²) in [7, 11) is 0. The molecule has 1 amide bonds. The molecule has 38 heavy (non-hydrogen) atoms. The van der Waals surface area contributed by atoms with Crippen molar-refractivity contribution in [2.24, 2.45) is 5.73 Å². The summed E-state index contributed by atoms with van der Waals surface area (Å²) in [6.45, 7) is 12.5. The number of allylic oxidation sites excluding steroid dienone is 2. The van der Waals surface area contributed by atoms with Crippen molar-refractivity contribution in [2.75, 3.05) is 30.3 Å². The van der Waals surface area contributed by atoms with E-state index in [0.717, 1.165) is 86.7 Å². The lowest BCUT2D eigenvalue weighted by atomic mass is 10.1. The van der Waals surface area contributed by atoms with Crippen LogP contribution in [0.5, 0.6) is 5.75 Å². The van der Waals surface area contributed by atoms with Crippen molar-refractivity contribution in [3.8, 4) is 5.75 Å². The molecule has 0 aromatic heterocycles. The molecule has 0 bridgehead atoms. The summed E-state index contributed by atoms with van der Waals surface area (Å²) in [6.07, 6.45) is 13.0. The number of hydrogen-bond donors (Lipinski definition) is 2. The predicted octanol–water partition coefficient (Wildman–Crippen LogP) is 9.16. The third-order valence-electron chi connectivity index (χ3n) is 5.72. The number of ether oxygens (including phenoxy) is 1. The highest BCUT2D eigenvalue weighted by molar-refractivity contribution is 7.80. The van der Waals surface area contributed by atoms with Gasteiger partial charge in [-0.15, -0.1) is 0 Å². The van der Waals surface area contributed by atoms with Gasteiger partial charge in [0.25, 0.3) is 0 Å². The van der Waals surface area contributed by atoms with E-state index in [2.05, 4.69) is 42.7 Å². The molecule has 0 saturated carbocycles. The number of hydrogen-bond acceptors (Lipinski definition) is 4. The second kappa shape index (κ2) is 24.0. The second-order valence-corrected chi connectivity index (χ2v) is 9.28. The molecular weight excluding hydrogens is 512 g/mol. The SMILES string of the molecule is CC.CC.CCN(CCCC/C=C/CCCS)c1cc(C(N)=O)ccc1OCCCCc1cccc(Cl)c1. The monoisotopic (exact) mass is 562 g/mol. The minimum atomic E-state index is -0.420. The Morgan fingerprint density at radius 2 is 1.68 bits per heavy atom. The molecule has 2 aromatic rings. The second-order valence-electron chi connectivity index (χ2n) is 8.39. The van der Waals surface area contributed by atoms with E-state index >= 15 is 0 Å². The van der Waals surface area contributed by atoms with Gasteiger partial charge in [0, 0.05) is 23.7 Å². The number of nitrogens with two attached hydrogens (primary N) is 1. The van der Waals surface area contributed by atoms with Crippen molar-refractivity contribution in [1.82, 2.24) is 0 Å². The highest BCUT2D eigenvalue weighted by atomic mass is 35.5. The minimum absolute atomic E-state index is 0.420. The quantitative estimate of drug-likeness (QED) is 0.115. The van der Waals surface area contributed by atoms with Crippen molar-refractivity contribution < 1.29 is 9.53 Å². The van der Waals surface area contributed by atoms with Crippen LogP contribution in [0.3, 0.4) is 0 Å². The smallest absolute Gasteiger partial charge is 0.248 e. The molecule has 0 aliphatic rings. The highest BCUT2D eigenvalue weighted by Crippen LogP contribution is 2.30. The summed E-state index contributed by atoms with van der Waals surface area (Å²) in [6, 6.07) is 13.5. The van der Waals surface area contributed by atoms with Crippen LogP contribution >= 0.6 is 24.2 Å². The Kier molecular flexibility index (Phi) is 22.6. The van der Waals surface area contributed by atoms with Gasteiger partial charge < -0.3 is 15.4 Å². The normalized spacial score (nSPS) is 10.3. The van der Waals surface area contributed by atoms with Crippen LogP contribution in [0.1, 0.15) is 95.5 Å². The van der Waals surface area contributed by atoms with Gasteiger partial charge in [-0.25, -0.2) is 0 Å². The maximum Gasteiger partial charge on any atom is 0.248 e. The van der Waals surface area contributed by atoms with Crippen LogP contribution in [0.2, 0.25) is 5.02 Å². The van der Waals surface area contributed by atoms with Crippen LogP contribution in [0, 0.1) is 0 Å². The van der Waals surface area contributed by atoms with Gasteiger partial charge in [-0.3, -0.25) is 4.79 Å². The third kappa shape index (κ3) is 15.3. The van der Waals surface area contributed by atoms with Crippen LogP contribution < -0.4 is 15.4 Å². The summed E-state index contributed by atoms with van der Waals surface area (Å²) in [5.41, 5.74) is 8.24. The molecule has 0 fully saturated rings. The molecule has 0 aliphatic carbocycles. The molecule has 2 rings (SSSR count). The van der Waals surface area contributed by atoms with Crippen LogP contribution in [-0.4, -0.2) is 31.4 Å². The zero-order chi connectivity index (χ0) is 28.6. The largest absolute Gasteiger partial charge is 0.491 e.